The van der Waals surface area contributed by atoms with Gasteiger partial charge < -0.3 is 5.73 Å². The number of hydrogen-bond acceptors (Lipinski definition) is 3. The average Bonchev–Trinajstić information content (AvgIpc) is 2.89. The first-order chi connectivity index (χ1) is 11.4. The maximum Gasteiger partial charge on any atom is 0.144 e. The third-order valence-electron chi connectivity index (χ3n) is 3.56. The van der Waals surface area contributed by atoms with E-state index in [-0.39, 0.29) is 4.75 Å². The van der Waals surface area contributed by atoms with Gasteiger partial charge in [0, 0.05) is 11.6 Å². The fraction of sp³-hybridized carbons (Fsp3) is 0.222. The molecule has 0 saturated heterocycles. The van der Waals surface area contributed by atoms with E-state index in [1.54, 1.807) is 10.9 Å². The van der Waals surface area contributed by atoms with E-state index in [1.165, 1.54) is 0 Å². The van der Waals surface area contributed by atoms with E-state index in [0.29, 0.717) is 5.82 Å². The van der Waals surface area contributed by atoms with Crippen molar-refractivity contribution in [1.29, 1.82) is 0 Å². The molecule has 0 spiro atoms. The van der Waals surface area contributed by atoms with E-state index in [2.05, 4.69) is 9.50 Å². The van der Waals surface area contributed by atoms with Crippen molar-refractivity contribution in [1.82, 2.24) is 9.78 Å². The molecule has 2 aromatic carbocycles. The molecule has 3 aromatic rings. The molecule has 1 atom stereocenters. The highest BCUT2D eigenvalue weighted by Gasteiger charge is 2.18. The van der Waals surface area contributed by atoms with Crippen LogP contribution >= 0.6 is 0 Å². The lowest BCUT2D eigenvalue weighted by Gasteiger charge is -2.12. The van der Waals surface area contributed by atoms with Crippen LogP contribution in [0.15, 0.2) is 52.9 Å². The first-order valence-electron chi connectivity index (χ1n) is 7.66. The third-order valence-corrected chi connectivity index (χ3v) is 4.90. The zero-order valence-corrected chi connectivity index (χ0v) is 14.7. The van der Waals surface area contributed by atoms with Gasteiger partial charge in [-0.3, -0.25) is 0 Å². The molecule has 0 radical (unpaired) electrons. The molecule has 0 unspecified atom stereocenters. The van der Waals surface area contributed by atoms with Crippen molar-refractivity contribution in [3.05, 3.63) is 54.1 Å². The Balaban J connectivity index is 1.98. The zero-order chi connectivity index (χ0) is 17.3. The predicted octanol–water partition coefficient (Wildman–Crippen LogP) is 3.49. The highest BCUT2D eigenvalue weighted by molar-refractivity contribution is 7.85. The minimum absolute atomic E-state index is 0.375. The molecule has 2 N–H and O–H groups in total. The van der Waals surface area contributed by atoms with Crippen LogP contribution in [0.1, 0.15) is 26.3 Å². The molecule has 0 bridgehead atoms. The minimum Gasteiger partial charge on any atom is -0.383 e. The number of aromatic nitrogens is 2. The summed E-state index contributed by atoms with van der Waals surface area (Å²) in [5.41, 5.74) is 8.76. The fourth-order valence-corrected chi connectivity index (χ4v) is 2.77. The van der Waals surface area contributed by atoms with E-state index in [4.69, 9.17) is 5.73 Å². The van der Waals surface area contributed by atoms with Gasteiger partial charge >= 0.3 is 0 Å². The number of rotatable bonds is 3. The van der Waals surface area contributed by atoms with Crippen LogP contribution in [-0.4, -0.2) is 25.0 Å². The molecule has 0 amide bonds. The molecule has 1 aromatic heterocycles. The van der Waals surface area contributed by atoms with Crippen LogP contribution in [-0.2, 0) is 11.0 Å². The molecule has 124 valence electrons. The van der Waals surface area contributed by atoms with Gasteiger partial charge in [-0.15, -0.1) is 0 Å². The monoisotopic (exact) mass is 340 g/mol. The maximum absolute atomic E-state index is 12.0. The number of anilines is 1. The first kappa shape index (κ1) is 16.4. The second-order valence-corrected chi connectivity index (χ2v) is 8.44. The lowest BCUT2D eigenvalue weighted by Crippen LogP contribution is -2.19. The normalized spacial score (nSPS) is 13.6. The Morgan fingerprint density at radius 3 is 2.54 bits per heavy atom. The number of hydrogen-bond donors (Lipinski definition) is 1. The van der Waals surface area contributed by atoms with E-state index in [1.807, 2.05) is 69.3 Å². The van der Waals surface area contributed by atoms with Crippen LogP contribution in [0.5, 0.6) is 0 Å². The molecule has 6 heteroatoms. The molecular formula is C18H20N4OS. The summed E-state index contributed by atoms with van der Waals surface area (Å²) in [6, 6.07) is 15.5. The summed E-state index contributed by atoms with van der Waals surface area (Å²) in [5, 5.41) is 5.46. The topological polar surface area (TPSA) is 73.3 Å². The minimum atomic E-state index is -1.28. The van der Waals surface area contributed by atoms with E-state index in [0.717, 1.165) is 22.2 Å². The molecule has 0 aliphatic heterocycles. The summed E-state index contributed by atoms with van der Waals surface area (Å²) < 4.78 is 17.5. The van der Waals surface area contributed by atoms with Crippen LogP contribution in [0.2, 0.25) is 0 Å². The van der Waals surface area contributed by atoms with Crippen LogP contribution in [0.4, 0.5) is 5.82 Å². The fourth-order valence-electron chi connectivity index (χ4n) is 2.24. The van der Waals surface area contributed by atoms with Crippen molar-refractivity contribution in [3.63, 3.8) is 0 Å². The first-order valence-corrected chi connectivity index (χ1v) is 8.77. The van der Waals surface area contributed by atoms with Gasteiger partial charge in [0.05, 0.1) is 16.0 Å². The Labute approximate surface area is 143 Å². The third kappa shape index (κ3) is 3.23. The van der Waals surface area contributed by atoms with Gasteiger partial charge in [-0.25, -0.2) is 8.89 Å². The smallest absolute Gasteiger partial charge is 0.144 e. The van der Waals surface area contributed by atoms with E-state index >= 15 is 0 Å². The van der Waals surface area contributed by atoms with Gasteiger partial charge in [0.2, 0.25) is 0 Å². The zero-order valence-electron chi connectivity index (χ0n) is 13.9. The second kappa shape index (κ2) is 6.20. The molecule has 1 heterocycles. The predicted molar refractivity (Wildman–Crippen MR) is 101 cm³/mol. The number of benzene rings is 2. The molecule has 0 fully saturated rings. The summed E-state index contributed by atoms with van der Waals surface area (Å²) in [7, 11) is -1.28. The van der Waals surface area contributed by atoms with Crippen molar-refractivity contribution in [2.45, 2.75) is 25.5 Å². The van der Waals surface area contributed by atoms with Gasteiger partial charge in [0.1, 0.15) is 16.8 Å². The lowest BCUT2D eigenvalue weighted by molar-refractivity contribution is 0.651. The number of nitrogens with two attached hydrogens (primary N) is 1. The molecule has 5 nitrogen and oxygen atoms in total. The largest absolute Gasteiger partial charge is 0.383 e. The van der Waals surface area contributed by atoms with Crippen molar-refractivity contribution in [2.24, 2.45) is 4.40 Å². The molecule has 0 aliphatic rings. The van der Waals surface area contributed by atoms with Gasteiger partial charge in [0.15, 0.2) is 0 Å². The summed E-state index contributed by atoms with van der Waals surface area (Å²) in [6.07, 6.45) is 1.62. The maximum atomic E-state index is 12.0. The van der Waals surface area contributed by atoms with Gasteiger partial charge in [-0.2, -0.15) is 9.50 Å². The summed E-state index contributed by atoms with van der Waals surface area (Å²) in [5.74, 6) is 0.595. The highest BCUT2D eigenvalue weighted by Crippen LogP contribution is 2.24. The summed E-state index contributed by atoms with van der Waals surface area (Å²) in [4.78, 5) is 0. The Hall–Kier alpha value is -2.47. The van der Waals surface area contributed by atoms with Crippen LogP contribution in [0, 0.1) is 0 Å². The van der Waals surface area contributed by atoms with Gasteiger partial charge in [0.25, 0.3) is 0 Å². The van der Waals surface area contributed by atoms with Crippen molar-refractivity contribution < 1.29 is 4.21 Å². The molecule has 0 saturated carbocycles. The quantitative estimate of drug-likeness (QED) is 0.742. The van der Waals surface area contributed by atoms with E-state index in [9.17, 15) is 4.21 Å². The summed E-state index contributed by atoms with van der Waals surface area (Å²) >= 11 is 0. The molecule has 0 aliphatic carbocycles. The lowest BCUT2D eigenvalue weighted by atomic mass is 10.2. The Morgan fingerprint density at radius 1 is 1.17 bits per heavy atom. The van der Waals surface area contributed by atoms with Crippen molar-refractivity contribution in [3.8, 4) is 5.69 Å². The standard InChI is InChI=1S/C18H20N4OS/c1-18(2,3)24(23)20-12-13-9-10-15-16(11-13)21-22(17(15)19)14-7-5-4-6-8-14/h4-12H,19H2,1-3H3/b20-12+/t24-/m1/s1. The number of fused-ring (bicyclic) bond motifs is 1. The molecular weight excluding hydrogens is 320 g/mol. The number of nitrogen functional groups attached to an aromatic ring is 1. The molecule has 3 rings (SSSR count). The van der Waals surface area contributed by atoms with Crippen molar-refractivity contribution >= 4 is 33.9 Å². The summed E-state index contributed by atoms with van der Waals surface area (Å²) in [6.45, 7) is 5.68. The Kier molecular flexibility index (Phi) is 4.24. The Bertz CT molecular complexity index is 923. The van der Waals surface area contributed by atoms with Crippen LogP contribution in [0.3, 0.4) is 0 Å². The highest BCUT2D eigenvalue weighted by atomic mass is 32.2. The number of para-hydroxylation sites is 1. The van der Waals surface area contributed by atoms with Crippen LogP contribution < -0.4 is 5.73 Å². The number of nitrogens with zero attached hydrogens (tertiary/aromatic N) is 3. The Morgan fingerprint density at radius 2 is 1.88 bits per heavy atom. The molecule has 24 heavy (non-hydrogen) atoms. The van der Waals surface area contributed by atoms with Crippen LogP contribution in [0.25, 0.3) is 16.6 Å². The van der Waals surface area contributed by atoms with Gasteiger partial charge in [-0.1, -0.05) is 24.3 Å². The average molecular weight is 340 g/mol. The second-order valence-electron chi connectivity index (χ2n) is 6.51. The van der Waals surface area contributed by atoms with Gasteiger partial charge in [-0.05, 0) is 50.6 Å². The van der Waals surface area contributed by atoms with Crippen molar-refractivity contribution in [2.75, 3.05) is 5.73 Å². The van der Waals surface area contributed by atoms with E-state index < -0.39 is 11.0 Å². The SMILES string of the molecule is CC(C)(C)[S@@](=O)/N=C/c1ccc2c(N)n(-c3ccccc3)nc2c1.